The predicted molar refractivity (Wildman–Crippen MR) is 47.3 cm³/mol. The van der Waals surface area contributed by atoms with E-state index < -0.39 is 0 Å². The van der Waals surface area contributed by atoms with Crippen LogP contribution in [-0.2, 0) is 6.42 Å². The maximum absolute atomic E-state index is 8.94. The lowest BCUT2D eigenvalue weighted by atomic mass is 10.3. The lowest BCUT2D eigenvalue weighted by Gasteiger charge is -2.04. The second kappa shape index (κ2) is 4.94. The highest BCUT2D eigenvalue weighted by Gasteiger charge is 2.01. The van der Waals surface area contributed by atoms with Crippen LogP contribution in [0.3, 0.4) is 0 Å². The van der Waals surface area contributed by atoms with Gasteiger partial charge in [-0.1, -0.05) is 5.16 Å². The van der Waals surface area contributed by atoms with Crippen LogP contribution in [0.4, 0.5) is 0 Å². The fraction of sp³-hybridized carbons (Fsp3) is 0.750. The fourth-order valence-electron chi connectivity index (χ4n) is 0.954. The molecule has 1 aromatic heterocycles. The zero-order chi connectivity index (χ0) is 9.68. The van der Waals surface area contributed by atoms with E-state index in [1.165, 1.54) is 0 Å². The van der Waals surface area contributed by atoms with E-state index >= 15 is 0 Å². The summed E-state index contributed by atoms with van der Waals surface area (Å²) >= 11 is 0. The van der Waals surface area contributed by atoms with E-state index in [0.717, 1.165) is 13.0 Å². The molecule has 0 fully saturated rings. The number of rotatable bonds is 5. The molecular weight excluding hydrogens is 170 g/mol. The van der Waals surface area contributed by atoms with Crippen LogP contribution in [0.5, 0.6) is 0 Å². The average Bonchev–Trinajstić information content (AvgIpc) is 2.45. The number of aliphatic hydroxyl groups is 1. The molecule has 0 spiro atoms. The number of hydrogen-bond acceptors (Lipinski definition) is 5. The van der Waals surface area contributed by atoms with Crippen LogP contribution in [0.15, 0.2) is 4.52 Å². The Morgan fingerprint density at radius 2 is 2.38 bits per heavy atom. The second-order valence-corrected chi connectivity index (χ2v) is 3.03. The van der Waals surface area contributed by atoms with Crippen molar-refractivity contribution in [3.63, 3.8) is 0 Å². The molecule has 0 saturated carbocycles. The summed E-state index contributed by atoms with van der Waals surface area (Å²) in [6, 6.07) is 0. The number of nitrogens with one attached hydrogen (secondary N) is 1. The van der Waals surface area contributed by atoms with Gasteiger partial charge in [-0.15, -0.1) is 0 Å². The van der Waals surface area contributed by atoms with Crippen LogP contribution in [-0.4, -0.2) is 34.4 Å². The first-order valence-corrected chi connectivity index (χ1v) is 4.36. The van der Waals surface area contributed by atoms with E-state index in [4.69, 9.17) is 9.63 Å². The summed E-state index contributed by atoms with van der Waals surface area (Å²) in [5.74, 6) is 1.29. The maximum Gasteiger partial charge on any atom is 0.223 e. The molecule has 2 N–H and O–H groups in total. The van der Waals surface area contributed by atoms with Gasteiger partial charge < -0.3 is 14.9 Å². The Bertz CT molecular complexity index is 247. The van der Waals surface area contributed by atoms with E-state index in [2.05, 4.69) is 15.5 Å². The molecule has 13 heavy (non-hydrogen) atoms. The minimum atomic E-state index is -0.313. The fourth-order valence-corrected chi connectivity index (χ4v) is 0.954. The van der Waals surface area contributed by atoms with Crippen molar-refractivity contribution < 1.29 is 9.63 Å². The highest BCUT2D eigenvalue weighted by atomic mass is 16.5. The van der Waals surface area contributed by atoms with Crippen molar-refractivity contribution in [1.82, 2.24) is 15.5 Å². The number of aryl methyl sites for hydroxylation is 1. The number of nitrogens with zero attached hydrogens (tertiary/aromatic N) is 2. The molecule has 5 heteroatoms. The maximum atomic E-state index is 8.94. The lowest BCUT2D eigenvalue weighted by Crippen LogP contribution is -2.26. The topological polar surface area (TPSA) is 71.2 Å². The first kappa shape index (κ1) is 10.1. The lowest BCUT2D eigenvalue weighted by molar-refractivity contribution is 0.191. The molecule has 0 aliphatic carbocycles. The average molecular weight is 185 g/mol. The van der Waals surface area contributed by atoms with Crippen molar-refractivity contribution in [2.24, 2.45) is 0 Å². The quantitative estimate of drug-likeness (QED) is 0.626. The molecule has 0 radical (unpaired) electrons. The van der Waals surface area contributed by atoms with E-state index in [0.29, 0.717) is 18.3 Å². The molecule has 1 rings (SSSR count). The summed E-state index contributed by atoms with van der Waals surface area (Å²) in [6.07, 6.45) is 0.413. The highest BCUT2D eigenvalue weighted by molar-refractivity contribution is 4.84. The van der Waals surface area contributed by atoms with Crippen LogP contribution < -0.4 is 5.32 Å². The minimum absolute atomic E-state index is 0.313. The van der Waals surface area contributed by atoms with Crippen LogP contribution in [0.1, 0.15) is 18.6 Å². The zero-order valence-corrected chi connectivity index (χ0v) is 7.95. The van der Waals surface area contributed by atoms with Crippen molar-refractivity contribution in [2.75, 3.05) is 13.1 Å². The van der Waals surface area contributed by atoms with E-state index in [1.807, 2.05) is 0 Å². The number of aliphatic hydroxyl groups excluding tert-OH is 1. The Balaban J connectivity index is 2.13. The second-order valence-electron chi connectivity index (χ2n) is 3.03. The van der Waals surface area contributed by atoms with Crippen molar-refractivity contribution in [3.05, 3.63) is 11.7 Å². The normalized spacial score (nSPS) is 13.2. The third-order valence-electron chi connectivity index (χ3n) is 1.53. The molecule has 0 aliphatic heterocycles. The molecule has 0 aromatic carbocycles. The van der Waals surface area contributed by atoms with Gasteiger partial charge in [0.25, 0.3) is 0 Å². The van der Waals surface area contributed by atoms with Crippen molar-refractivity contribution in [1.29, 1.82) is 0 Å². The molecule has 0 saturated heterocycles. The van der Waals surface area contributed by atoms with Gasteiger partial charge >= 0.3 is 0 Å². The van der Waals surface area contributed by atoms with Crippen molar-refractivity contribution >= 4 is 0 Å². The Labute approximate surface area is 77.2 Å². The SMILES string of the molecule is Cc1nc(CCNC[C@@H](C)O)no1. The van der Waals surface area contributed by atoms with Crippen LogP contribution in [0.25, 0.3) is 0 Å². The molecule has 74 valence electrons. The van der Waals surface area contributed by atoms with Gasteiger partial charge in [-0.3, -0.25) is 0 Å². The first-order chi connectivity index (χ1) is 6.18. The molecule has 5 nitrogen and oxygen atoms in total. The van der Waals surface area contributed by atoms with Gasteiger partial charge in [0.2, 0.25) is 5.89 Å². The van der Waals surface area contributed by atoms with Gasteiger partial charge in [-0.2, -0.15) is 4.98 Å². The summed E-state index contributed by atoms with van der Waals surface area (Å²) in [7, 11) is 0. The Morgan fingerprint density at radius 3 is 2.92 bits per heavy atom. The monoisotopic (exact) mass is 185 g/mol. The van der Waals surface area contributed by atoms with E-state index in [-0.39, 0.29) is 6.10 Å². The summed E-state index contributed by atoms with van der Waals surface area (Å²) in [4.78, 5) is 4.05. The summed E-state index contributed by atoms with van der Waals surface area (Å²) in [5.41, 5.74) is 0. The van der Waals surface area contributed by atoms with Crippen LogP contribution >= 0.6 is 0 Å². The van der Waals surface area contributed by atoms with Gasteiger partial charge in [-0.25, -0.2) is 0 Å². The summed E-state index contributed by atoms with van der Waals surface area (Å²) in [5, 5.41) is 15.8. The van der Waals surface area contributed by atoms with Gasteiger partial charge in [-0.05, 0) is 6.92 Å². The standard InChI is InChI=1S/C8H15N3O2/c1-6(12)5-9-4-3-8-10-7(2)13-11-8/h6,9,12H,3-5H2,1-2H3/t6-/m1/s1. The first-order valence-electron chi connectivity index (χ1n) is 4.36. The Hall–Kier alpha value is -0.940. The predicted octanol–water partition coefficient (Wildman–Crippen LogP) is -0.109. The molecule has 0 aliphatic rings. The smallest absolute Gasteiger partial charge is 0.223 e. The van der Waals surface area contributed by atoms with E-state index in [9.17, 15) is 0 Å². The largest absolute Gasteiger partial charge is 0.392 e. The van der Waals surface area contributed by atoms with Crippen molar-refractivity contribution in [3.8, 4) is 0 Å². The number of hydrogen-bond donors (Lipinski definition) is 2. The zero-order valence-electron chi connectivity index (χ0n) is 7.95. The summed E-state index contributed by atoms with van der Waals surface area (Å²) < 4.78 is 4.80. The molecule has 1 aromatic rings. The van der Waals surface area contributed by atoms with Crippen LogP contribution in [0, 0.1) is 6.92 Å². The molecular formula is C8H15N3O2. The van der Waals surface area contributed by atoms with Crippen molar-refractivity contribution in [2.45, 2.75) is 26.4 Å². The van der Waals surface area contributed by atoms with Crippen LogP contribution in [0.2, 0.25) is 0 Å². The van der Waals surface area contributed by atoms with Gasteiger partial charge in [0.15, 0.2) is 5.82 Å². The van der Waals surface area contributed by atoms with Gasteiger partial charge in [0.1, 0.15) is 0 Å². The molecule has 0 unspecified atom stereocenters. The minimum Gasteiger partial charge on any atom is -0.392 e. The van der Waals surface area contributed by atoms with E-state index in [1.54, 1.807) is 13.8 Å². The molecule has 1 atom stereocenters. The summed E-state index contributed by atoms with van der Waals surface area (Å²) in [6.45, 7) is 4.85. The third kappa shape index (κ3) is 4.00. The highest BCUT2D eigenvalue weighted by Crippen LogP contribution is 1.94. The van der Waals surface area contributed by atoms with Gasteiger partial charge in [0, 0.05) is 26.4 Å². The Kier molecular flexibility index (Phi) is 3.85. The molecule has 1 heterocycles. The van der Waals surface area contributed by atoms with Gasteiger partial charge in [0.05, 0.1) is 6.10 Å². The third-order valence-corrected chi connectivity index (χ3v) is 1.53. The molecule has 0 bridgehead atoms. The molecule has 0 amide bonds. The number of aromatic nitrogens is 2. The Morgan fingerprint density at radius 1 is 1.62 bits per heavy atom.